The van der Waals surface area contributed by atoms with Gasteiger partial charge >= 0.3 is 0 Å². The maximum atomic E-state index is 11.3. The van der Waals surface area contributed by atoms with E-state index in [0.29, 0.717) is 12.1 Å². The molecule has 2 heterocycles. The van der Waals surface area contributed by atoms with E-state index >= 15 is 0 Å². The van der Waals surface area contributed by atoms with Crippen molar-refractivity contribution in [3.63, 3.8) is 0 Å². The van der Waals surface area contributed by atoms with Crippen molar-refractivity contribution in [3.8, 4) is 5.69 Å². The van der Waals surface area contributed by atoms with Crippen molar-refractivity contribution < 1.29 is 4.79 Å². The molecule has 4 heteroatoms. The molecule has 0 fully saturated rings. The maximum absolute atomic E-state index is 11.3. The first-order chi connectivity index (χ1) is 7.36. The minimum absolute atomic E-state index is 0.0350. The molecule has 0 unspecified atom stereocenters. The molecule has 0 bridgehead atoms. The topological polar surface area (TPSA) is 46.9 Å². The van der Waals surface area contributed by atoms with Crippen LogP contribution in [-0.4, -0.2) is 15.7 Å². The molecule has 1 aromatic carbocycles. The summed E-state index contributed by atoms with van der Waals surface area (Å²) in [5.41, 5.74) is 2.60. The number of rotatable bonds is 1. The highest BCUT2D eigenvalue weighted by atomic mass is 16.2. The predicted molar refractivity (Wildman–Crippen MR) is 54.7 cm³/mol. The van der Waals surface area contributed by atoms with Crippen LogP contribution in [0.3, 0.4) is 0 Å². The van der Waals surface area contributed by atoms with Crippen LogP contribution in [0.4, 0.5) is 0 Å². The molecule has 1 aliphatic heterocycles. The summed E-state index contributed by atoms with van der Waals surface area (Å²) in [6.07, 6.45) is 1.62. The highest BCUT2D eigenvalue weighted by molar-refractivity contribution is 5.97. The van der Waals surface area contributed by atoms with Crippen molar-refractivity contribution in [2.45, 2.75) is 6.54 Å². The van der Waals surface area contributed by atoms with Gasteiger partial charge in [-0.3, -0.25) is 4.79 Å². The standard InChI is InChI=1S/C11H9N3O/c15-11-9-6-13-14(10(9)7-12-11)8-4-2-1-3-5-8/h1-6H,7H2,(H,12,15). The fraction of sp³-hybridized carbons (Fsp3) is 0.0909. The number of hydrogen-bond donors (Lipinski definition) is 1. The first-order valence-corrected chi connectivity index (χ1v) is 4.77. The van der Waals surface area contributed by atoms with Gasteiger partial charge in [-0.15, -0.1) is 0 Å². The minimum Gasteiger partial charge on any atom is -0.346 e. The Bertz CT molecular complexity index is 516. The number of hydrogen-bond acceptors (Lipinski definition) is 2. The molecular formula is C11H9N3O. The van der Waals surface area contributed by atoms with Gasteiger partial charge in [-0.2, -0.15) is 5.10 Å². The Hall–Kier alpha value is -2.10. The molecule has 0 radical (unpaired) electrons. The Morgan fingerprint density at radius 1 is 1.27 bits per heavy atom. The third-order valence-electron chi connectivity index (χ3n) is 2.53. The van der Waals surface area contributed by atoms with E-state index in [-0.39, 0.29) is 5.91 Å². The average Bonchev–Trinajstić information content (AvgIpc) is 2.83. The zero-order chi connectivity index (χ0) is 10.3. The normalized spacial score (nSPS) is 13.7. The summed E-state index contributed by atoms with van der Waals surface area (Å²) in [6, 6.07) is 9.80. The molecule has 0 aliphatic carbocycles. The Kier molecular flexibility index (Phi) is 1.62. The lowest BCUT2D eigenvalue weighted by atomic mass is 10.3. The van der Waals surface area contributed by atoms with Crippen LogP contribution in [-0.2, 0) is 6.54 Å². The number of aromatic nitrogens is 2. The maximum Gasteiger partial charge on any atom is 0.255 e. The van der Waals surface area contributed by atoms with Crippen LogP contribution in [0, 0.1) is 0 Å². The first-order valence-electron chi connectivity index (χ1n) is 4.77. The smallest absolute Gasteiger partial charge is 0.255 e. The largest absolute Gasteiger partial charge is 0.346 e. The van der Waals surface area contributed by atoms with E-state index in [1.807, 2.05) is 30.3 Å². The number of para-hydroxylation sites is 1. The number of nitrogens with one attached hydrogen (secondary N) is 1. The Morgan fingerprint density at radius 2 is 2.07 bits per heavy atom. The van der Waals surface area contributed by atoms with Crippen molar-refractivity contribution in [1.29, 1.82) is 0 Å². The lowest BCUT2D eigenvalue weighted by Crippen LogP contribution is -2.14. The minimum atomic E-state index is -0.0350. The Balaban J connectivity index is 2.16. The van der Waals surface area contributed by atoms with E-state index in [0.717, 1.165) is 11.4 Å². The summed E-state index contributed by atoms with van der Waals surface area (Å²) in [5.74, 6) is -0.0350. The first kappa shape index (κ1) is 8.23. The van der Waals surface area contributed by atoms with Crippen LogP contribution in [0.5, 0.6) is 0 Å². The summed E-state index contributed by atoms with van der Waals surface area (Å²) in [5, 5.41) is 6.99. The van der Waals surface area contributed by atoms with Gasteiger partial charge in [0.1, 0.15) is 0 Å². The van der Waals surface area contributed by atoms with Gasteiger partial charge in [-0.25, -0.2) is 4.68 Å². The lowest BCUT2D eigenvalue weighted by molar-refractivity contribution is 0.0965. The summed E-state index contributed by atoms with van der Waals surface area (Å²) in [6.45, 7) is 0.559. The van der Waals surface area contributed by atoms with Gasteiger partial charge in [0, 0.05) is 0 Å². The summed E-state index contributed by atoms with van der Waals surface area (Å²) >= 11 is 0. The SMILES string of the molecule is O=C1NCc2c1cnn2-c1ccccc1. The second kappa shape index (κ2) is 2.95. The molecule has 0 saturated carbocycles. The van der Waals surface area contributed by atoms with Gasteiger partial charge in [0.05, 0.1) is 29.7 Å². The van der Waals surface area contributed by atoms with E-state index in [2.05, 4.69) is 10.4 Å². The molecule has 1 amide bonds. The highest BCUT2D eigenvalue weighted by Gasteiger charge is 2.23. The molecule has 2 aromatic rings. The number of carbonyl (C=O) groups is 1. The van der Waals surface area contributed by atoms with Gasteiger partial charge in [-0.1, -0.05) is 18.2 Å². The second-order valence-electron chi connectivity index (χ2n) is 3.43. The van der Waals surface area contributed by atoms with Gasteiger partial charge in [0.2, 0.25) is 0 Å². The quantitative estimate of drug-likeness (QED) is 0.748. The molecule has 0 atom stereocenters. The van der Waals surface area contributed by atoms with Crippen molar-refractivity contribution in [2.75, 3.05) is 0 Å². The van der Waals surface area contributed by atoms with Crippen molar-refractivity contribution in [3.05, 3.63) is 47.8 Å². The zero-order valence-corrected chi connectivity index (χ0v) is 7.97. The monoisotopic (exact) mass is 199 g/mol. The van der Waals surface area contributed by atoms with Crippen LogP contribution in [0.15, 0.2) is 36.5 Å². The van der Waals surface area contributed by atoms with E-state index in [1.165, 1.54) is 0 Å². The molecular weight excluding hydrogens is 190 g/mol. The lowest BCUT2D eigenvalue weighted by Gasteiger charge is -2.03. The van der Waals surface area contributed by atoms with Crippen molar-refractivity contribution >= 4 is 5.91 Å². The van der Waals surface area contributed by atoms with Crippen LogP contribution >= 0.6 is 0 Å². The molecule has 3 rings (SSSR count). The average molecular weight is 199 g/mol. The van der Waals surface area contributed by atoms with Gasteiger partial charge in [-0.05, 0) is 12.1 Å². The molecule has 15 heavy (non-hydrogen) atoms. The fourth-order valence-electron chi connectivity index (χ4n) is 1.78. The van der Waals surface area contributed by atoms with Crippen LogP contribution in [0.25, 0.3) is 5.69 Å². The van der Waals surface area contributed by atoms with Crippen LogP contribution in [0.2, 0.25) is 0 Å². The predicted octanol–water partition coefficient (Wildman–Crippen LogP) is 1.12. The Labute approximate surface area is 86.5 Å². The van der Waals surface area contributed by atoms with E-state index < -0.39 is 0 Å². The number of benzene rings is 1. The molecule has 4 nitrogen and oxygen atoms in total. The molecule has 1 aromatic heterocycles. The highest BCUT2D eigenvalue weighted by Crippen LogP contribution is 2.18. The van der Waals surface area contributed by atoms with Crippen molar-refractivity contribution in [1.82, 2.24) is 15.1 Å². The third-order valence-corrected chi connectivity index (χ3v) is 2.53. The molecule has 74 valence electrons. The number of fused-ring (bicyclic) bond motifs is 1. The van der Waals surface area contributed by atoms with Crippen LogP contribution < -0.4 is 5.32 Å². The van der Waals surface area contributed by atoms with Gasteiger partial charge in [0.15, 0.2) is 0 Å². The molecule has 0 saturated heterocycles. The molecule has 0 spiro atoms. The van der Waals surface area contributed by atoms with Gasteiger partial charge in [0.25, 0.3) is 5.91 Å². The van der Waals surface area contributed by atoms with Crippen molar-refractivity contribution in [2.24, 2.45) is 0 Å². The summed E-state index contributed by atoms with van der Waals surface area (Å²) in [7, 11) is 0. The van der Waals surface area contributed by atoms with E-state index in [9.17, 15) is 4.79 Å². The fourth-order valence-corrected chi connectivity index (χ4v) is 1.78. The van der Waals surface area contributed by atoms with E-state index in [4.69, 9.17) is 0 Å². The van der Waals surface area contributed by atoms with Crippen LogP contribution in [0.1, 0.15) is 16.1 Å². The number of nitrogens with zero attached hydrogens (tertiary/aromatic N) is 2. The summed E-state index contributed by atoms with van der Waals surface area (Å²) < 4.78 is 1.80. The molecule has 1 aliphatic rings. The molecule has 1 N–H and O–H groups in total. The Morgan fingerprint density at radius 3 is 2.87 bits per heavy atom. The zero-order valence-electron chi connectivity index (χ0n) is 7.97. The van der Waals surface area contributed by atoms with E-state index in [1.54, 1.807) is 10.9 Å². The number of carbonyl (C=O) groups excluding carboxylic acids is 1. The summed E-state index contributed by atoms with van der Waals surface area (Å²) in [4.78, 5) is 11.3. The second-order valence-corrected chi connectivity index (χ2v) is 3.43. The van der Waals surface area contributed by atoms with Gasteiger partial charge < -0.3 is 5.32 Å². The third kappa shape index (κ3) is 1.15. The number of amides is 1.